The van der Waals surface area contributed by atoms with Crippen LogP contribution in [-0.2, 0) is 17.4 Å². The molecule has 1 heterocycles. The number of carbonyl (C=O) groups is 1. The van der Waals surface area contributed by atoms with Gasteiger partial charge in [-0.15, -0.1) is 0 Å². The lowest BCUT2D eigenvalue weighted by Gasteiger charge is -2.24. The lowest BCUT2D eigenvalue weighted by Crippen LogP contribution is -2.41. The number of aliphatic hydroxyl groups is 1. The van der Waals surface area contributed by atoms with Gasteiger partial charge in [0.05, 0.1) is 5.56 Å². The Kier molecular flexibility index (Phi) is 3.71. The Morgan fingerprint density at radius 2 is 1.96 bits per heavy atom. The van der Waals surface area contributed by atoms with E-state index >= 15 is 0 Å². The van der Waals surface area contributed by atoms with Crippen molar-refractivity contribution in [3.8, 4) is 0 Å². The Hall–Kier alpha value is -1.56. The van der Waals surface area contributed by atoms with Crippen LogP contribution in [0.3, 0.4) is 0 Å². The lowest BCUT2D eigenvalue weighted by atomic mass is 10.0. The number of rotatable bonds is 3. The second-order valence-electron chi connectivity index (χ2n) is 7.20. The molecular weight excluding hydrogens is 307 g/mol. The average Bonchev–Trinajstić information content (AvgIpc) is 2.84. The van der Waals surface area contributed by atoms with Crippen molar-refractivity contribution in [1.82, 2.24) is 4.90 Å². The minimum absolute atomic E-state index is 0.0992. The third-order valence-corrected chi connectivity index (χ3v) is 5.40. The van der Waals surface area contributed by atoms with Gasteiger partial charge in [-0.2, -0.15) is 13.2 Å². The van der Waals surface area contributed by atoms with E-state index in [2.05, 4.69) is 13.8 Å². The van der Waals surface area contributed by atoms with Crippen LogP contribution in [0.5, 0.6) is 0 Å². The highest BCUT2D eigenvalue weighted by molar-refractivity contribution is 5.81. The summed E-state index contributed by atoms with van der Waals surface area (Å²) >= 11 is 0. The molecule has 3 atom stereocenters. The predicted octanol–water partition coefficient (Wildman–Crippen LogP) is 2.72. The zero-order valence-corrected chi connectivity index (χ0v) is 13.1. The molecule has 1 saturated carbocycles. The number of carbonyl (C=O) groups excluding carboxylic acids is 1. The van der Waals surface area contributed by atoms with Crippen LogP contribution in [0.2, 0.25) is 0 Å². The van der Waals surface area contributed by atoms with Crippen molar-refractivity contribution in [2.24, 2.45) is 17.3 Å². The van der Waals surface area contributed by atoms with E-state index in [0.29, 0.717) is 30.5 Å². The molecule has 3 rings (SSSR count). The summed E-state index contributed by atoms with van der Waals surface area (Å²) in [6.45, 7) is 5.61. The molecule has 1 aromatic carbocycles. The SMILES string of the molecule is CC1(C)[C@@H]2CN(C(=O)[C@H](O)Cc3cccc(C(F)(F)F)c3)C[C@H]21. The molecular formula is C17H20F3NO2. The first-order valence-electron chi connectivity index (χ1n) is 7.73. The molecule has 1 saturated heterocycles. The number of piperidine rings is 1. The van der Waals surface area contributed by atoms with Crippen LogP contribution in [0.15, 0.2) is 24.3 Å². The van der Waals surface area contributed by atoms with E-state index in [-0.39, 0.29) is 17.7 Å². The predicted molar refractivity (Wildman–Crippen MR) is 78.5 cm³/mol. The van der Waals surface area contributed by atoms with Crippen LogP contribution in [0, 0.1) is 17.3 Å². The molecule has 2 fully saturated rings. The molecule has 3 nitrogen and oxygen atoms in total. The molecule has 1 aliphatic carbocycles. The van der Waals surface area contributed by atoms with Gasteiger partial charge in [0.25, 0.3) is 5.91 Å². The summed E-state index contributed by atoms with van der Waals surface area (Å²) in [4.78, 5) is 13.9. The average molecular weight is 327 g/mol. The van der Waals surface area contributed by atoms with E-state index in [4.69, 9.17) is 0 Å². The summed E-state index contributed by atoms with van der Waals surface area (Å²) < 4.78 is 38.1. The fourth-order valence-corrected chi connectivity index (χ4v) is 3.71. The van der Waals surface area contributed by atoms with Crippen molar-refractivity contribution in [2.75, 3.05) is 13.1 Å². The number of fused-ring (bicyclic) bond motifs is 1. The van der Waals surface area contributed by atoms with E-state index in [9.17, 15) is 23.1 Å². The van der Waals surface area contributed by atoms with E-state index in [1.54, 1.807) is 4.90 Å². The van der Waals surface area contributed by atoms with Crippen LogP contribution >= 0.6 is 0 Å². The number of aliphatic hydroxyl groups excluding tert-OH is 1. The van der Waals surface area contributed by atoms with Crippen LogP contribution in [-0.4, -0.2) is 35.1 Å². The van der Waals surface area contributed by atoms with Crippen molar-refractivity contribution < 1.29 is 23.1 Å². The molecule has 1 aromatic rings. The quantitative estimate of drug-likeness (QED) is 0.927. The Bertz CT molecular complexity index is 613. The minimum atomic E-state index is -4.42. The van der Waals surface area contributed by atoms with Crippen molar-refractivity contribution in [3.63, 3.8) is 0 Å². The third kappa shape index (κ3) is 2.96. The van der Waals surface area contributed by atoms with E-state index in [1.165, 1.54) is 12.1 Å². The molecule has 0 spiro atoms. The van der Waals surface area contributed by atoms with Crippen LogP contribution in [0.4, 0.5) is 13.2 Å². The van der Waals surface area contributed by atoms with Gasteiger partial charge in [0.1, 0.15) is 6.10 Å². The highest BCUT2D eigenvalue weighted by Crippen LogP contribution is 2.61. The van der Waals surface area contributed by atoms with Gasteiger partial charge in [0.15, 0.2) is 0 Å². The van der Waals surface area contributed by atoms with Gasteiger partial charge in [-0.25, -0.2) is 0 Å². The summed E-state index contributed by atoms with van der Waals surface area (Å²) in [5.74, 6) is 0.574. The number of nitrogens with zero attached hydrogens (tertiary/aromatic N) is 1. The van der Waals surface area contributed by atoms with Gasteiger partial charge < -0.3 is 10.0 Å². The Morgan fingerprint density at radius 3 is 2.52 bits per heavy atom. The summed E-state index contributed by atoms with van der Waals surface area (Å²) in [5, 5.41) is 10.1. The smallest absolute Gasteiger partial charge is 0.383 e. The van der Waals surface area contributed by atoms with Crippen LogP contribution in [0.1, 0.15) is 25.0 Å². The molecule has 1 aliphatic heterocycles. The van der Waals surface area contributed by atoms with Crippen molar-refractivity contribution in [2.45, 2.75) is 32.5 Å². The number of likely N-dealkylation sites (tertiary alicyclic amines) is 1. The fourth-order valence-electron chi connectivity index (χ4n) is 3.71. The van der Waals surface area contributed by atoms with E-state index in [1.807, 2.05) is 0 Å². The molecule has 0 unspecified atom stereocenters. The second kappa shape index (κ2) is 5.23. The molecule has 0 aromatic heterocycles. The topological polar surface area (TPSA) is 40.5 Å². The Balaban J connectivity index is 1.61. The standard InChI is InChI=1S/C17H20F3NO2/c1-16(2)12-8-21(9-13(12)16)15(23)14(22)7-10-4-3-5-11(6-10)17(18,19)20/h3-6,12-14,22H,7-9H2,1-2H3/t12-,13-,14-/m1/s1. The number of hydrogen-bond donors (Lipinski definition) is 1. The van der Waals surface area contributed by atoms with Gasteiger partial charge in [-0.3, -0.25) is 4.79 Å². The van der Waals surface area contributed by atoms with Gasteiger partial charge in [0, 0.05) is 19.5 Å². The molecule has 6 heteroatoms. The number of halogens is 3. The zero-order chi connectivity index (χ0) is 17.0. The molecule has 0 bridgehead atoms. The maximum atomic E-state index is 12.7. The normalized spacial score (nSPS) is 26.8. The first-order valence-corrected chi connectivity index (χ1v) is 7.73. The second-order valence-corrected chi connectivity index (χ2v) is 7.20. The highest BCUT2D eigenvalue weighted by atomic mass is 19.4. The van der Waals surface area contributed by atoms with E-state index in [0.717, 1.165) is 12.1 Å². The zero-order valence-electron chi connectivity index (χ0n) is 13.1. The van der Waals surface area contributed by atoms with Crippen LogP contribution < -0.4 is 0 Å². The molecule has 1 N–H and O–H groups in total. The largest absolute Gasteiger partial charge is 0.416 e. The first kappa shape index (κ1) is 16.3. The summed E-state index contributed by atoms with van der Waals surface area (Å²) in [5.41, 5.74) is -0.188. The Morgan fingerprint density at radius 1 is 1.35 bits per heavy atom. The molecule has 126 valence electrons. The number of amides is 1. The summed E-state index contributed by atoms with van der Waals surface area (Å²) in [6, 6.07) is 4.76. The third-order valence-electron chi connectivity index (χ3n) is 5.40. The van der Waals surface area contributed by atoms with Gasteiger partial charge in [-0.1, -0.05) is 32.0 Å². The number of hydrogen-bond acceptors (Lipinski definition) is 2. The Labute approximate surface area is 133 Å². The monoisotopic (exact) mass is 327 g/mol. The van der Waals surface area contributed by atoms with Gasteiger partial charge in [-0.05, 0) is 28.9 Å². The minimum Gasteiger partial charge on any atom is -0.383 e. The van der Waals surface area contributed by atoms with Gasteiger partial charge in [0.2, 0.25) is 0 Å². The summed E-state index contributed by atoms with van der Waals surface area (Å²) in [7, 11) is 0. The molecule has 1 amide bonds. The van der Waals surface area contributed by atoms with Gasteiger partial charge >= 0.3 is 6.18 Å². The first-order chi connectivity index (χ1) is 10.6. The molecule has 23 heavy (non-hydrogen) atoms. The summed E-state index contributed by atoms with van der Waals surface area (Å²) in [6.07, 6.45) is -5.82. The number of alkyl halides is 3. The molecule has 0 radical (unpaired) electrons. The van der Waals surface area contributed by atoms with Crippen molar-refractivity contribution in [1.29, 1.82) is 0 Å². The van der Waals surface area contributed by atoms with Crippen molar-refractivity contribution in [3.05, 3.63) is 35.4 Å². The van der Waals surface area contributed by atoms with Crippen molar-refractivity contribution >= 4 is 5.91 Å². The van der Waals surface area contributed by atoms with E-state index < -0.39 is 17.8 Å². The fraction of sp³-hybridized carbons (Fsp3) is 0.588. The maximum absolute atomic E-state index is 12.7. The highest BCUT2D eigenvalue weighted by Gasteiger charge is 2.62. The molecule has 2 aliphatic rings. The number of benzene rings is 1. The lowest BCUT2D eigenvalue weighted by molar-refractivity contribution is -0.139. The maximum Gasteiger partial charge on any atom is 0.416 e. The van der Waals surface area contributed by atoms with Crippen LogP contribution in [0.25, 0.3) is 0 Å².